The first-order valence-electron chi connectivity index (χ1n) is 5.83. The number of aryl methyl sites for hydroxylation is 1. The molecule has 16 heavy (non-hydrogen) atoms. The zero-order chi connectivity index (χ0) is 11.6. The number of nitrogens with zero attached hydrogens (tertiary/aromatic N) is 2. The van der Waals surface area contributed by atoms with Gasteiger partial charge < -0.3 is 4.57 Å². The van der Waals surface area contributed by atoms with E-state index in [1.165, 1.54) is 0 Å². The van der Waals surface area contributed by atoms with Crippen LogP contribution in [0.15, 0.2) is 12.4 Å². The summed E-state index contributed by atoms with van der Waals surface area (Å²) in [7, 11) is 0. The Morgan fingerprint density at radius 2 is 2.50 bits per heavy atom. The number of hydrogen-bond donors (Lipinski definition) is 0. The maximum absolute atomic E-state index is 12.2. The highest BCUT2D eigenvalue weighted by Gasteiger charge is 2.37. The van der Waals surface area contributed by atoms with E-state index in [0.29, 0.717) is 12.2 Å². The van der Waals surface area contributed by atoms with E-state index >= 15 is 0 Å². The first-order chi connectivity index (χ1) is 7.65. The zero-order valence-corrected chi connectivity index (χ0v) is 10.7. The molecular formula is C12H18N2OS. The quantitative estimate of drug-likeness (QED) is 0.807. The summed E-state index contributed by atoms with van der Waals surface area (Å²) in [6.07, 6.45) is 6.37. The topological polar surface area (TPSA) is 34.9 Å². The molecule has 3 nitrogen and oxygen atoms in total. The van der Waals surface area contributed by atoms with Crippen molar-refractivity contribution in [3.8, 4) is 0 Å². The maximum Gasteiger partial charge on any atom is 0.156 e. The van der Waals surface area contributed by atoms with Crippen LogP contribution in [-0.2, 0) is 17.8 Å². The molecule has 0 bridgehead atoms. The van der Waals surface area contributed by atoms with Crippen LogP contribution in [0, 0.1) is 0 Å². The molecular weight excluding hydrogens is 220 g/mol. The zero-order valence-electron chi connectivity index (χ0n) is 9.90. The highest BCUT2D eigenvalue weighted by atomic mass is 32.2. The SMILES string of the molecule is CCn1ccnc1CC(=O)C1(C)CCCS1. The summed E-state index contributed by atoms with van der Waals surface area (Å²) in [6.45, 7) is 5.03. The van der Waals surface area contributed by atoms with Crippen molar-refractivity contribution in [3.63, 3.8) is 0 Å². The predicted octanol–water partition coefficient (Wildman–Crippen LogP) is 2.30. The highest BCUT2D eigenvalue weighted by Crippen LogP contribution is 2.39. The number of imidazole rings is 1. The summed E-state index contributed by atoms with van der Waals surface area (Å²) in [5.41, 5.74) is 0. The van der Waals surface area contributed by atoms with Crippen LogP contribution in [0.5, 0.6) is 0 Å². The van der Waals surface area contributed by atoms with Gasteiger partial charge in [0.1, 0.15) is 5.82 Å². The molecule has 0 spiro atoms. The second kappa shape index (κ2) is 4.62. The van der Waals surface area contributed by atoms with Crippen LogP contribution < -0.4 is 0 Å². The van der Waals surface area contributed by atoms with Crippen LogP contribution in [0.3, 0.4) is 0 Å². The minimum Gasteiger partial charge on any atom is -0.335 e. The first-order valence-corrected chi connectivity index (χ1v) is 6.81. The number of ketones is 1. The van der Waals surface area contributed by atoms with Gasteiger partial charge in [-0.1, -0.05) is 0 Å². The smallest absolute Gasteiger partial charge is 0.156 e. The Kier molecular flexibility index (Phi) is 3.38. The maximum atomic E-state index is 12.2. The minimum absolute atomic E-state index is 0.162. The molecule has 0 aromatic carbocycles. The molecule has 0 amide bonds. The monoisotopic (exact) mass is 238 g/mol. The van der Waals surface area contributed by atoms with E-state index in [0.717, 1.165) is 31.0 Å². The van der Waals surface area contributed by atoms with Crippen LogP contribution in [0.25, 0.3) is 0 Å². The molecule has 1 saturated heterocycles. The molecule has 1 aromatic rings. The Labute approximate surface area is 101 Å². The molecule has 88 valence electrons. The lowest BCUT2D eigenvalue weighted by atomic mass is 9.98. The predicted molar refractivity (Wildman–Crippen MR) is 66.7 cm³/mol. The van der Waals surface area contributed by atoms with Crippen LogP contribution in [-0.4, -0.2) is 25.8 Å². The molecule has 1 aliphatic heterocycles. The molecule has 1 fully saturated rings. The third-order valence-corrected chi connectivity index (χ3v) is 4.83. The summed E-state index contributed by atoms with van der Waals surface area (Å²) >= 11 is 1.80. The van der Waals surface area contributed by atoms with E-state index in [9.17, 15) is 4.79 Å². The lowest BCUT2D eigenvalue weighted by Gasteiger charge is -2.20. The van der Waals surface area contributed by atoms with Gasteiger partial charge in [-0.15, -0.1) is 11.8 Å². The molecule has 0 N–H and O–H groups in total. The number of Topliss-reactive ketones (excluding diaryl/α,β-unsaturated/α-hetero) is 1. The van der Waals surface area contributed by atoms with Crippen molar-refractivity contribution in [3.05, 3.63) is 18.2 Å². The third kappa shape index (κ3) is 2.17. The van der Waals surface area contributed by atoms with Crippen LogP contribution in [0.4, 0.5) is 0 Å². The minimum atomic E-state index is -0.162. The van der Waals surface area contributed by atoms with Crippen molar-refractivity contribution in [2.45, 2.75) is 44.4 Å². The lowest BCUT2D eigenvalue weighted by molar-refractivity contribution is -0.120. The van der Waals surface area contributed by atoms with Gasteiger partial charge in [0.15, 0.2) is 5.78 Å². The number of hydrogen-bond acceptors (Lipinski definition) is 3. The summed E-state index contributed by atoms with van der Waals surface area (Å²) in [4.78, 5) is 16.5. The van der Waals surface area contributed by atoms with E-state index in [1.54, 1.807) is 18.0 Å². The van der Waals surface area contributed by atoms with Crippen molar-refractivity contribution < 1.29 is 4.79 Å². The molecule has 1 unspecified atom stereocenters. The van der Waals surface area contributed by atoms with E-state index in [1.807, 2.05) is 10.8 Å². The Morgan fingerprint density at radius 3 is 3.12 bits per heavy atom. The lowest BCUT2D eigenvalue weighted by Crippen LogP contribution is -2.31. The normalized spacial score (nSPS) is 24.9. The molecule has 2 heterocycles. The van der Waals surface area contributed by atoms with Gasteiger partial charge in [-0.2, -0.15) is 0 Å². The van der Waals surface area contributed by atoms with Crippen molar-refractivity contribution in [1.82, 2.24) is 9.55 Å². The Bertz CT molecular complexity index is 380. The van der Waals surface area contributed by atoms with Crippen LogP contribution >= 0.6 is 11.8 Å². The molecule has 0 radical (unpaired) electrons. The summed E-state index contributed by atoms with van der Waals surface area (Å²) in [5, 5.41) is 0. The molecule has 0 saturated carbocycles. The Morgan fingerprint density at radius 1 is 1.69 bits per heavy atom. The van der Waals surface area contributed by atoms with Gasteiger partial charge in [0.2, 0.25) is 0 Å². The van der Waals surface area contributed by atoms with Gasteiger partial charge in [0.05, 0.1) is 11.2 Å². The molecule has 0 aliphatic carbocycles. The Hall–Kier alpha value is -0.770. The standard InChI is InChI=1S/C12H18N2OS/c1-3-14-7-6-13-11(14)9-10(15)12(2)5-4-8-16-12/h6-7H,3-5,8-9H2,1-2H3. The summed E-state index contributed by atoms with van der Waals surface area (Å²) < 4.78 is 1.88. The van der Waals surface area contributed by atoms with Gasteiger partial charge >= 0.3 is 0 Å². The fraction of sp³-hybridized carbons (Fsp3) is 0.667. The number of rotatable bonds is 4. The van der Waals surface area contributed by atoms with Gasteiger partial charge in [-0.3, -0.25) is 4.79 Å². The second-order valence-electron chi connectivity index (χ2n) is 4.41. The summed E-state index contributed by atoms with van der Waals surface area (Å²) in [5.74, 6) is 2.35. The highest BCUT2D eigenvalue weighted by molar-refractivity contribution is 8.01. The van der Waals surface area contributed by atoms with E-state index < -0.39 is 0 Å². The van der Waals surface area contributed by atoms with Crippen molar-refractivity contribution in [2.24, 2.45) is 0 Å². The largest absolute Gasteiger partial charge is 0.335 e. The van der Waals surface area contributed by atoms with Crippen LogP contribution in [0.2, 0.25) is 0 Å². The molecule has 4 heteroatoms. The first kappa shape index (κ1) is 11.7. The number of carbonyl (C=O) groups excluding carboxylic acids is 1. The van der Waals surface area contributed by atoms with E-state index in [2.05, 4.69) is 18.8 Å². The number of thioether (sulfide) groups is 1. The van der Waals surface area contributed by atoms with Crippen molar-refractivity contribution in [1.29, 1.82) is 0 Å². The number of carbonyl (C=O) groups is 1. The fourth-order valence-electron chi connectivity index (χ4n) is 2.12. The molecule has 1 atom stereocenters. The average molecular weight is 238 g/mol. The van der Waals surface area contributed by atoms with Crippen LogP contribution in [0.1, 0.15) is 32.5 Å². The van der Waals surface area contributed by atoms with E-state index in [-0.39, 0.29) is 4.75 Å². The molecule has 1 aromatic heterocycles. The fourth-order valence-corrected chi connectivity index (χ4v) is 3.39. The average Bonchev–Trinajstić information content (AvgIpc) is 2.87. The van der Waals surface area contributed by atoms with Gasteiger partial charge in [0.25, 0.3) is 0 Å². The summed E-state index contributed by atoms with van der Waals surface area (Å²) in [6, 6.07) is 0. The second-order valence-corrected chi connectivity index (χ2v) is 6.01. The van der Waals surface area contributed by atoms with E-state index in [4.69, 9.17) is 0 Å². The molecule has 1 aliphatic rings. The van der Waals surface area contributed by atoms with Crippen molar-refractivity contribution in [2.75, 3.05) is 5.75 Å². The van der Waals surface area contributed by atoms with Crippen molar-refractivity contribution >= 4 is 17.5 Å². The van der Waals surface area contributed by atoms with Gasteiger partial charge in [-0.25, -0.2) is 4.98 Å². The van der Waals surface area contributed by atoms with Gasteiger partial charge in [-0.05, 0) is 32.4 Å². The Balaban J connectivity index is 2.07. The molecule has 2 rings (SSSR count). The number of aromatic nitrogens is 2. The van der Waals surface area contributed by atoms with Gasteiger partial charge in [0, 0.05) is 18.9 Å². The third-order valence-electron chi connectivity index (χ3n) is 3.27.